The summed E-state index contributed by atoms with van der Waals surface area (Å²) in [5, 5.41) is 6.19. The molecule has 1 heterocycles. The zero-order valence-electron chi connectivity index (χ0n) is 13.6. The SMILES string of the molecule is CCNc1nc(NCCOCC(C)C)nc(OC(C)C)n1. The van der Waals surface area contributed by atoms with Crippen molar-refractivity contribution in [3.63, 3.8) is 0 Å². The van der Waals surface area contributed by atoms with Gasteiger partial charge < -0.3 is 20.1 Å². The molecule has 0 amide bonds. The lowest BCUT2D eigenvalue weighted by atomic mass is 10.2. The number of ether oxygens (including phenoxy) is 2. The molecule has 2 N–H and O–H groups in total. The van der Waals surface area contributed by atoms with Gasteiger partial charge in [0.15, 0.2) is 0 Å². The van der Waals surface area contributed by atoms with Crippen LogP contribution < -0.4 is 15.4 Å². The van der Waals surface area contributed by atoms with Crippen LogP contribution >= 0.6 is 0 Å². The van der Waals surface area contributed by atoms with Crippen LogP contribution in [0.1, 0.15) is 34.6 Å². The molecular formula is C14H27N5O2. The molecule has 0 aromatic carbocycles. The zero-order valence-corrected chi connectivity index (χ0v) is 13.6. The van der Waals surface area contributed by atoms with E-state index >= 15 is 0 Å². The zero-order chi connectivity index (χ0) is 15.7. The topological polar surface area (TPSA) is 81.2 Å². The van der Waals surface area contributed by atoms with Gasteiger partial charge in [0.1, 0.15) is 0 Å². The highest BCUT2D eigenvalue weighted by Gasteiger charge is 2.08. The summed E-state index contributed by atoms with van der Waals surface area (Å²) in [5.74, 6) is 1.53. The fraction of sp³-hybridized carbons (Fsp3) is 0.786. The van der Waals surface area contributed by atoms with E-state index < -0.39 is 0 Å². The van der Waals surface area contributed by atoms with Crippen LogP contribution in [0.5, 0.6) is 6.01 Å². The summed E-state index contributed by atoms with van der Waals surface area (Å²) < 4.78 is 11.0. The Bertz CT molecular complexity index is 412. The van der Waals surface area contributed by atoms with Crippen molar-refractivity contribution in [2.45, 2.75) is 40.7 Å². The molecule has 0 saturated carbocycles. The molecule has 7 heteroatoms. The third kappa shape index (κ3) is 7.65. The molecule has 0 bridgehead atoms. The third-order valence-corrected chi connectivity index (χ3v) is 2.27. The lowest BCUT2D eigenvalue weighted by Crippen LogP contribution is -2.16. The second kappa shape index (κ2) is 9.33. The Kier molecular flexibility index (Phi) is 7.74. The van der Waals surface area contributed by atoms with E-state index in [0.29, 0.717) is 37.0 Å². The molecule has 0 atom stereocenters. The maximum absolute atomic E-state index is 5.53. The maximum Gasteiger partial charge on any atom is 0.323 e. The molecule has 0 radical (unpaired) electrons. The van der Waals surface area contributed by atoms with Crippen molar-refractivity contribution >= 4 is 11.9 Å². The normalized spacial score (nSPS) is 11.0. The van der Waals surface area contributed by atoms with Crippen molar-refractivity contribution < 1.29 is 9.47 Å². The van der Waals surface area contributed by atoms with Gasteiger partial charge in [-0.2, -0.15) is 15.0 Å². The first-order valence-electron chi connectivity index (χ1n) is 7.49. The molecule has 1 aromatic rings. The summed E-state index contributed by atoms with van der Waals surface area (Å²) in [6.07, 6.45) is 0.0177. The van der Waals surface area contributed by atoms with Crippen LogP contribution in [0.3, 0.4) is 0 Å². The first kappa shape index (κ1) is 17.4. The Morgan fingerprint density at radius 2 is 1.67 bits per heavy atom. The predicted octanol–water partition coefficient (Wildman–Crippen LogP) is 2.18. The van der Waals surface area contributed by atoms with E-state index in [1.54, 1.807) is 0 Å². The summed E-state index contributed by atoms with van der Waals surface area (Å²) in [6, 6.07) is 0.321. The van der Waals surface area contributed by atoms with Crippen molar-refractivity contribution in [3.8, 4) is 6.01 Å². The Morgan fingerprint density at radius 3 is 2.24 bits per heavy atom. The molecule has 0 aliphatic heterocycles. The monoisotopic (exact) mass is 297 g/mol. The first-order valence-corrected chi connectivity index (χ1v) is 7.49. The first-order chi connectivity index (χ1) is 10.0. The van der Waals surface area contributed by atoms with Gasteiger partial charge in [-0.3, -0.25) is 0 Å². The van der Waals surface area contributed by atoms with Gasteiger partial charge in [-0.15, -0.1) is 0 Å². The lowest BCUT2D eigenvalue weighted by Gasteiger charge is -2.12. The van der Waals surface area contributed by atoms with Crippen molar-refractivity contribution in [1.82, 2.24) is 15.0 Å². The minimum atomic E-state index is 0.0177. The molecule has 1 aromatic heterocycles. The Labute approximate surface area is 126 Å². The second-order valence-corrected chi connectivity index (χ2v) is 5.36. The van der Waals surface area contributed by atoms with Gasteiger partial charge in [-0.1, -0.05) is 13.8 Å². The molecule has 0 spiro atoms. The van der Waals surface area contributed by atoms with E-state index in [0.717, 1.165) is 13.2 Å². The number of anilines is 2. The molecule has 1 rings (SSSR count). The van der Waals surface area contributed by atoms with Crippen LogP contribution in [0.4, 0.5) is 11.9 Å². The van der Waals surface area contributed by atoms with Crippen LogP contribution in [0.25, 0.3) is 0 Å². The van der Waals surface area contributed by atoms with Gasteiger partial charge in [0.05, 0.1) is 12.7 Å². The molecule has 0 fully saturated rings. The number of nitrogens with one attached hydrogen (secondary N) is 2. The molecule has 0 unspecified atom stereocenters. The van der Waals surface area contributed by atoms with Crippen LogP contribution in [0, 0.1) is 5.92 Å². The fourth-order valence-corrected chi connectivity index (χ4v) is 1.49. The average molecular weight is 297 g/mol. The van der Waals surface area contributed by atoms with Crippen molar-refractivity contribution in [2.75, 3.05) is 36.9 Å². The highest BCUT2D eigenvalue weighted by Crippen LogP contribution is 2.12. The number of nitrogens with zero attached hydrogens (tertiary/aromatic N) is 3. The Hall–Kier alpha value is -1.63. The van der Waals surface area contributed by atoms with Gasteiger partial charge in [0.2, 0.25) is 11.9 Å². The van der Waals surface area contributed by atoms with E-state index in [1.807, 2.05) is 20.8 Å². The largest absolute Gasteiger partial charge is 0.461 e. The highest BCUT2D eigenvalue weighted by atomic mass is 16.5. The third-order valence-electron chi connectivity index (χ3n) is 2.27. The number of hydrogen-bond donors (Lipinski definition) is 2. The molecule has 0 saturated heterocycles. The van der Waals surface area contributed by atoms with Crippen LogP contribution in [-0.4, -0.2) is 47.4 Å². The van der Waals surface area contributed by atoms with Crippen LogP contribution in [0.15, 0.2) is 0 Å². The summed E-state index contributed by atoms with van der Waals surface area (Å²) in [5.41, 5.74) is 0. The minimum Gasteiger partial charge on any atom is -0.461 e. The van der Waals surface area contributed by atoms with E-state index in [-0.39, 0.29) is 6.10 Å². The average Bonchev–Trinajstić information content (AvgIpc) is 2.37. The van der Waals surface area contributed by atoms with Gasteiger partial charge in [-0.25, -0.2) is 0 Å². The lowest BCUT2D eigenvalue weighted by molar-refractivity contribution is 0.118. The smallest absolute Gasteiger partial charge is 0.323 e. The van der Waals surface area contributed by atoms with Gasteiger partial charge in [0.25, 0.3) is 0 Å². The second-order valence-electron chi connectivity index (χ2n) is 5.36. The highest BCUT2D eigenvalue weighted by molar-refractivity contribution is 5.35. The van der Waals surface area contributed by atoms with E-state index in [4.69, 9.17) is 9.47 Å². The standard InChI is InChI=1S/C14H27N5O2/c1-6-15-12-17-13(16-7-8-20-9-10(2)3)19-14(18-12)21-11(4)5/h10-11H,6-9H2,1-5H3,(H2,15,16,17,18,19). The number of hydrogen-bond acceptors (Lipinski definition) is 7. The Balaban J connectivity index is 2.56. The van der Waals surface area contributed by atoms with Crippen molar-refractivity contribution in [1.29, 1.82) is 0 Å². The number of aromatic nitrogens is 3. The van der Waals surface area contributed by atoms with E-state index in [9.17, 15) is 0 Å². The predicted molar refractivity (Wildman–Crippen MR) is 83.9 cm³/mol. The quantitative estimate of drug-likeness (QED) is 0.640. The van der Waals surface area contributed by atoms with Crippen LogP contribution in [0.2, 0.25) is 0 Å². The van der Waals surface area contributed by atoms with Crippen molar-refractivity contribution in [2.24, 2.45) is 5.92 Å². The molecule has 0 aliphatic rings. The van der Waals surface area contributed by atoms with Crippen LogP contribution in [-0.2, 0) is 4.74 Å². The minimum absolute atomic E-state index is 0.0177. The molecule has 21 heavy (non-hydrogen) atoms. The summed E-state index contributed by atoms with van der Waals surface area (Å²) in [4.78, 5) is 12.7. The van der Waals surface area contributed by atoms with Crippen molar-refractivity contribution in [3.05, 3.63) is 0 Å². The maximum atomic E-state index is 5.53. The van der Waals surface area contributed by atoms with E-state index in [2.05, 4.69) is 39.4 Å². The summed E-state index contributed by atoms with van der Waals surface area (Å²) in [6.45, 7) is 12.8. The molecular weight excluding hydrogens is 270 g/mol. The fourth-order valence-electron chi connectivity index (χ4n) is 1.49. The summed E-state index contributed by atoms with van der Waals surface area (Å²) in [7, 11) is 0. The molecule has 7 nitrogen and oxygen atoms in total. The number of rotatable bonds is 10. The van der Waals surface area contributed by atoms with Gasteiger partial charge in [0, 0.05) is 19.7 Å². The summed E-state index contributed by atoms with van der Waals surface area (Å²) >= 11 is 0. The van der Waals surface area contributed by atoms with Gasteiger partial charge in [-0.05, 0) is 26.7 Å². The Morgan fingerprint density at radius 1 is 1.00 bits per heavy atom. The molecule has 120 valence electrons. The van der Waals surface area contributed by atoms with Gasteiger partial charge >= 0.3 is 6.01 Å². The van der Waals surface area contributed by atoms with E-state index in [1.165, 1.54) is 0 Å². The molecule has 0 aliphatic carbocycles.